The van der Waals surface area contributed by atoms with Crippen LogP contribution >= 0.6 is 0 Å². The van der Waals surface area contributed by atoms with Crippen molar-refractivity contribution >= 4 is 12.0 Å². The largest absolute Gasteiger partial charge is 0.469 e. The zero-order valence-electron chi connectivity index (χ0n) is 14.1. The molecule has 1 aromatic heterocycles. The Morgan fingerprint density at radius 3 is 2.36 bits per heavy atom. The van der Waals surface area contributed by atoms with Gasteiger partial charge in [-0.25, -0.2) is 4.79 Å². The number of rotatable bonds is 5. The Balaban J connectivity index is 1.38. The van der Waals surface area contributed by atoms with Crippen molar-refractivity contribution in [3.63, 3.8) is 0 Å². The number of aryl methyl sites for hydroxylation is 1. The molecule has 2 amide bonds. The Kier molecular flexibility index (Phi) is 5.72. The highest BCUT2D eigenvalue weighted by molar-refractivity contribution is 5.77. The third kappa shape index (κ3) is 4.86. The number of nitrogens with zero attached hydrogens (tertiary/aromatic N) is 2. The number of piperazine rings is 1. The van der Waals surface area contributed by atoms with Gasteiger partial charge in [-0.05, 0) is 17.7 Å². The van der Waals surface area contributed by atoms with Crippen LogP contribution in [0.2, 0.25) is 0 Å². The lowest BCUT2D eigenvalue weighted by Gasteiger charge is -2.34. The summed E-state index contributed by atoms with van der Waals surface area (Å²) in [6, 6.07) is 13.3. The van der Waals surface area contributed by atoms with Gasteiger partial charge in [0.15, 0.2) is 0 Å². The Bertz CT molecular complexity index is 677. The third-order valence-corrected chi connectivity index (χ3v) is 4.26. The summed E-state index contributed by atoms with van der Waals surface area (Å²) in [5.41, 5.74) is 0.961. The molecule has 2 aromatic rings. The van der Waals surface area contributed by atoms with Crippen molar-refractivity contribution < 1.29 is 18.7 Å². The summed E-state index contributed by atoms with van der Waals surface area (Å²) in [6.45, 7) is 2.34. The topological polar surface area (TPSA) is 63.0 Å². The number of furan rings is 1. The second-order valence-corrected chi connectivity index (χ2v) is 5.99. The maximum absolute atomic E-state index is 12.2. The molecule has 0 atom stereocenters. The molecule has 0 radical (unpaired) electrons. The number of amides is 2. The monoisotopic (exact) mass is 342 g/mol. The summed E-state index contributed by atoms with van der Waals surface area (Å²) in [5.74, 6) is 0.908. The van der Waals surface area contributed by atoms with E-state index in [0.29, 0.717) is 39.0 Å². The summed E-state index contributed by atoms with van der Waals surface area (Å²) < 4.78 is 10.6. The maximum Gasteiger partial charge on any atom is 0.410 e. The number of benzene rings is 1. The van der Waals surface area contributed by atoms with Gasteiger partial charge in [-0.1, -0.05) is 30.3 Å². The molecule has 1 aromatic carbocycles. The molecule has 0 bridgehead atoms. The van der Waals surface area contributed by atoms with Crippen molar-refractivity contribution in [1.29, 1.82) is 0 Å². The van der Waals surface area contributed by atoms with Crippen LogP contribution in [0.25, 0.3) is 0 Å². The molecule has 0 unspecified atom stereocenters. The molecule has 6 nitrogen and oxygen atoms in total. The summed E-state index contributed by atoms with van der Waals surface area (Å²) in [6.07, 6.45) is 2.31. The van der Waals surface area contributed by atoms with Gasteiger partial charge in [-0.2, -0.15) is 0 Å². The van der Waals surface area contributed by atoms with Gasteiger partial charge in [0, 0.05) is 39.0 Å². The lowest BCUT2D eigenvalue weighted by molar-refractivity contribution is -0.132. The lowest BCUT2D eigenvalue weighted by Crippen LogP contribution is -2.50. The van der Waals surface area contributed by atoms with Crippen LogP contribution in [0.3, 0.4) is 0 Å². The molecule has 1 saturated heterocycles. The van der Waals surface area contributed by atoms with E-state index in [4.69, 9.17) is 9.15 Å². The maximum atomic E-state index is 12.2. The Hall–Kier alpha value is -2.76. The van der Waals surface area contributed by atoms with Crippen molar-refractivity contribution in [2.45, 2.75) is 19.4 Å². The summed E-state index contributed by atoms with van der Waals surface area (Å²) >= 11 is 0. The van der Waals surface area contributed by atoms with Gasteiger partial charge in [0.05, 0.1) is 6.26 Å². The third-order valence-electron chi connectivity index (χ3n) is 4.26. The second kappa shape index (κ2) is 8.37. The molecule has 0 saturated carbocycles. The molecular formula is C19H22N2O4. The van der Waals surface area contributed by atoms with Gasteiger partial charge < -0.3 is 19.0 Å². The van der Waals surface area contributed by atoms with E-state index in [-0.39, 0.29) is 18.6 Å². The highest BCUT2D eigenvalue weighted by Gasteiger charge is 2.24. The van der Waals surface area contributed by atoms with Crippen LogP contribution in [0.1, 0.15) is 17.7 Å². The van der Waals surface area contributed by atoms with Gasteiger partial charge in [0.25, 0.3) is 0 Å². The van der Waals surface area contributed by atoms with Crippen molar-refractivity contribution in [2.75, 3.05) is 26.2 Å². The van der Waals surface area contributed by atoms with E-state index in [1.807, 2.05) is 42.5 Å². The molecule has 2 heterocycles. The van der Waals surface area contributed by atoms with E-state index >= 15 is 0 Å². The predicted molar refractivity (Wildman–Crippen MR) is 91.8 cm³/mol. The van der Waals surface area contributed by atoms with Crippen molar-refractivity contribution in [2.24, 2.45) is 0 Å². The average Bonchev–Trinajstić information content (AvgIpc) is 3.19. The van der Waals surface area contributed by atoms with Gasteiger partial charge in [-0.3, -0.25) is 4.79 Å². The van der Waals surface area contributed by atoms with E-state index in [1.54, 1.807) is 16.1 Å². The van der Waals surface area contributed by atoms with E-state index in [0.717, 1.165) is 11.3 Å². The van der Waals surface area contributed by atoms with Gasteiger partial charge in [-0.15, -0.1) is 0 Å². The fourth-order valence-electron chi connectivity index (χ4n) is 2.79. The molecule has 25 heavy (non-hydrogen) atoms. The van der Waals surface area contributed by atoms with Crippen LogP contribution in [0.15, 0.2) is 53.1 Å². The number of hydrogen-bond donors (Lipinski definition) is 0. The second-order valence-electron chi connectivity index (χ2n) is 5.99. The smallest absolute Gasteiger partial charge is 0.410 e. The SMILES string of the molecule is O=C(CCc1ccco1)N1CCN(C(=O)OCc2ccccc2)CC1. The van der Waals surface area contributed by atoms with Gasteiger partial charge in [0.2, 0.25) is 5.91 Å². The van der Waals surface area contributed by atoms with Crippen molar-refractivity contribution in [3.05, 3.63) is 60.1 Å². The first-order valence-electron chi connectivity index (χ1n) is 8.48. The molecule has 1 fully saturated rings. The molecule has 1 aliphatic heterocycles. The molecule has 0 aliphatic carbocycles. The molecule has 3 rings (SSSR count). The molecular weight excluding hydrogens is 320 g/mol. The van der Waals surface area contributed by atoms with Crippen LogP contribution < -0.4 is 0 Å². The molecule has 6 heteroatoms. The average molecular weight is 342 g/mol. The van der Waals surface area contributed by atoms with E-state index in [2.05, 4.69) is 0 Å². The fourth-order valence-corrected chi connectivity index (χ4v) is 2.79. The number of carbonyl (C=O) groups excluding carboxylic acids is 2. The predicted octanol–water partition coefficient (Wildman–Crippen LogP) is 2.69. The Morgan fingerprint density at radius 2 is 1.68 bits per heavy atom. The van der Waals surface area contributed by atoms with E-state index < -0.39 is 0 Å². The quantitative estimate of drug-likeness (QED) is 0.838. The van der Waals surface area contributed by atoms with Gasteiger partial charge in [0.1, 0.15) is 12.4 Å². The van der Waals surface area contributed by atoms with Crippen LogP contribution in [-0.4, -0.2) is 48.0 Å². The minimum Gasteiger partial charge on any atom is -0.469 e. The first-order valence-corrected chi connectivity index (χ1v) is 8.48. The van der Waals surface area contributed by atoms with Crippen LogP contribution in [-0.2, 0) is 22.6 Å². The highest BCUT2D eigenvalue weighted by Crippen LogP contribution is 2.10. The number of ether oxygens (including phenoxy) is 1. The zero-order chi connectivity index (χ0) is 17.5. The van der Waals surface area contributed by atoms with Crippen LogP contribution in [0.4, 0.5) is 4.79 Å². The zero-order valence-corrected chi connectivity index (χ0v) is 14.1. The highest BCUT2D eigenvalue weighted by atomic mass is 16.6. The summed E-state index contributed by atoms with van der Waals surface area (Å²) in [7, 11) is 0. The lowest BCUT2D eigenvalue weighted by atomic mass is 10.2. The number of hydrogen-bond acceptors (Lipinski definition) is 4. The standard InChI is InChI=1S/C19H22N2O4/c22-18(9-8-17-7-4-14-24-17)20-10-12-21(13-11-20)19(23)25-15-16-5-2-1-3-6-16/h1-7,14H,8-13,15H2. The van der Waals surface area contributed by atoms with E-state index in [1.165, 1.54) is 0 Å². The van der Waals surface area contributed by atoms with Gasteiger partial charge >= 0.3 is 6.09 Å². The molecule has 1 aliphatic rings. The van der Waals surface area contributed by atoms with Crippen molar-refractivity contribution in [3.8, 4) is 0 Å². The fraction of sp³-hybridized carbons (Fsp3) is 0.368. The van der Waals surface area contributed by atoms with Crippen LogP contribution in [0.5, 0.6) is 0 Å². The normalized spacial score (nSPS) is 14.4. The number of carbonyl (C=O) groups is 2. The minimum atomic E-state index is -0.327. The first-order chi connectivity index (χ1) is 12.2. The Labute approximate surface area is 147 Å². The molecule has 0 spiro atoms. The van der Waals surface area contributed by atoms with Crippen molar-refractivity contribution in [1.82, 2.24) is 9.80 Å². The molecule has 0 N–H and O–H groups in total. The van der Waals surface area contributed by atoms with E-state index in [9.17, 15) is 9.59 Å². The first kappa shape index (κ1) is 17.1. The summed E-state index contributed by atoms with van der Waals surface area (Å²) in [5, 5.41) is 0. The minimum absolute atomic E-state index is 0.0914. The Morgan fingerprint density at radius 1 is 0.960 bits per heavy atom. The summed E-state index contributed by atoms with van der Waals surface area (Å²) in [4.78, 5) is 27.8. The van der Waals surface area contributed by atoms with Crippen LogP contribution in [0, 0.1) is 0 Å². The molecule has 132 valence electrons.